The molecule has 0 fully saturated rings. The molecule has 2 aromatic rings. The SMILES string of the molecule is O=c1cc(C(F)(F)F)nc(C[S@](=O)Cc2ccc(Cl)cc2Cl)[nH]1. The van der Waals surface area contributed by atoms with Crippen molar-refractivity contribution in [1.29, 1.82) is 0 Å². The molecule has 23 heavy (non-hydrogen) atoms. The van der Waals surface area contributed by atoms with Crippen LogP contribution in [0.4, 0.5) is 13.2 Å². The first-order valence-electron chi connectivity index (χ1n) is 6.11. The topological polar surface area (TPSA) is 62.8 Å². The van der Waals surface area contributed by atoms with Crippen LogP contribution in [0.15, 0.2) is 29.1 Å². The zero-order valence-electron chi connectivity index (χ0n) is 11.3. The Morgan fingerprint density at radius 2 is 1.87 bits per heavy atom. The number of rotatable bonds is 4. The van der Waals surface area contributed by atoms with Crippen molar-refractivity contribution < 1.29 is 17.4 Å². The molecule has 10 heteroatoms. The second-order valence-corrected chi connectivity index (χ2v) is 6.84. The van der Waals surface area contributed by atoms with E-state index >= 15 is 0 Å². The summed E-state index contributed by atoms with van der Waals surface area (Å²) in [6.07, 6.45) is -4.75. The summed E-state index contributed by atoms with van der Waals surface area (Å²) in [7, 11) is -1.61. The number of hydrogen-bond acceptors (Lipinski definition) is 3. The zero-order chi connectivity index (χ0) is 17.2. The number of nitrogens with zero attached hydrogens (tertiary/aromatic N) is 1. The van der Waals surface area contributed by atoms with Gasteiger partial charge in [0.05, 0.1) is 11.5 Å². The minimum atomic E-state index is -4.75. The smallest absolute Gasteiger partial charge is 0.310 e. The molecular weight excluding hydrogens is 376 g/mol. The van der Waals surface area contributed by atoms with E-state index < -0.39 is 28.2 Å². The van der Waals surface area contributed by atoms with Crippen LogP contribution in [0.25, 0.3) is 0 Å². The van der Waals surface area contributed by atoms with Crippen LogP contribution in [0.2, 0.25) is 10.0 Å². The number of hydrogen-bond donors (Lipinski definition) is 1. The molecule has 0 aliphatic rings. The van der Waals surface area contributed by atoms with E-state index in [4.69, 9.17) is 23.2 Å². The first-order valence-corrected chi connectivity index (χ1v) is 8.36. The Morgan fingerprint density at radius 1 is 1.17 bits per heavy atom. The Kier molecular flexibility index (Phi) is 5.49. The molecule has 0 saturated heterocycles. The van der Waals surface area contributed by atoms with E-state index in [-0.39, 0.29) is 17.3 Å². The molecule has 1 aromatic carbocycles. The van der Waals surface area contributed by atoms with E-state index in [0.29, 0.717) is 21.7 Å². The fourth-order valence-electron chi connectivity index (χ4n) is 1.74. The lowest BCUT2D eigenvalue weighted by Gasteiger charge is -2.08. The van der Waals surface area contributed by atoms with E-state index in [9.17, 15) is 22.2 Å². The number of benzene rings is 1. The first-order chi connectivity index (χ1) is 10.6. The third kappa shape index (κ3) is 5.05. The quantitative estimate of drug-likeness (QED) is 0.876. The third-order valence-corrected chi connectivity index (χ3v) is 4.53. The van der Waals surface area contributed by atoms with Gasteiger partial charge in [-0.2, -0.15) is 13.2 Å². The number of nitrogens with one attached hydrogen (secondary N) is 1. The lowest BCUT2D eigenvalue weighted by molar-refractivity contribution is -0.141. The molecule has 2 rings (SSSR count). The largest absolute Gasteiger partial charge is 0.433 e. The zero-order valence-corrected chi connectivity index (χ0v) is 13.6. The maximum atomic E-state index is 12.6. The summed E-state index contributed by atoms with van der Waals surface area (Å²) in [6.45, 7) is 0. The highest BCUT2D eigenvalue weighted by molar-refractivity contribution is 7.83. The second kappa shape index (κ2) is 7.02. The molecule has 0 radical (unpaired) electrons. The van der Waals surface area contributed by atoms with Gasteiger partial charge in [0.25, 0.3) is 5.56 Å². The van der Waals surface area contributed by atoms with Gasteiger partial charge in [-0.3, -0.25) is 9.00 Å². The van der Waals surface area contributed by atoms with Gasteiger partial charge in [0.1, 0.15) is 5.82 Å². The lowest BCUT2D eigenvalue weighted by Crippen LogP contribution is -2.19. The van der Waals surface area contributed by atoms with E-state index in [2.05, 4.69) is 9.97 Å². The van der Waals surface area contributed by atoms with E-state index in [1.807, 2.05) is 0 Å². The second-order valence-electron chi connectivity index (χ2n) is 4.54. The fraction of sp³-hybridized carbons (Fsp3) is 0.231. The predicted octanol–water partition coefficient (Wildman–Crippen LogP) is 3.54. The van der Waals surface area contributed by atoms with Gasteiger partial charge in [-0.15, -0.1) is 0 Å². The summed E-state index contributed by atoms with van der Waals surface area (Å²) < 4.78 is 49.9. The van der Waals surface area contributed by atoms with E-state index in [1.54, 1.807) is 12.1 Å². The van der Waals surface area contributed by atoms with Gasteiger partial charge in [0.15, 0.2) is 5.69 Å². The van der Waals surface area contributed by atoms with Crippen molar-refractivity contribution in [2.75, 3.05) is 0 Å². The third-order valence-electron chi connectivity index (χ3n) is 2.71. The Hall–Kier alpha value is -1.38. The molecular formula is C13H9Cl2F3N2O2S. The van der Waals surface area contributed by atoms with Crippen molar-refractivity contribution in [2.24, 2.45) is 0 Å². The molecule has 4 nitrogen and oxygen atoms in total. The summed E-state index contributed by atoms with van der Waals surface area (Å²) in [6, 6.07) is 4.96. The Balaban J connectivity index is 2.17. The van der Waals surface area contributed by atoms with Crippen LogP contribution in [0.5, 0.6) is 0 Å². The van der Waals surface area contributed by atoms with Crippen LogP contribution in [0, 0.1) is 0 Å². The summed E-state index contributed by atoms with van der Waals surface area (Å²) in [4.78, 5) is 16.7. The normalized spacial score (nSPS) is 13.1. The number of H-pyrrole nitrogens is 1. The van der Waals surface area contributed by atoms with Crippen molar-refractivity contribution in [3.63, 3.8) is 0 Å². The Labute approximate surface area is 141 Å². The molecule has 0 bridgehead atoms. The number of halogens is 5. The van der Waals surface area contributed by atoms with Crippen LogP contribution in [-0.2, 0) is 28.5 Å². The summed E-state index contributed by atoms with van der Waals surface area (Å²) >= 11 is 11.7. The molecule has 0 unspecified atom stereocenters. The van der Waals surface area contributed by atoms with Crippen molar-refractivity contribution in [3.05, 3.63) is 61.7 Å². The lowest BCUT2D eigenvalue weighted by atomic mass is 10.2. The molecule has 1 N–H and O–H groups in total. The molecule has 1 atom stereocenters. The summed E-state index contributed by atoms with van der Waals surface area (Å²) in [5, 5.41) is 0.713. The molecule has 124 valence electrons. The highest BCUT2D eigenvalue weighted by Gasteiger charge is 2.33. The first kappa shape index (κ1) is 18.0. The van der Waals surface area contributed by atoms with Crippen LogP contribution >= 0.6 is 23.2 Å². The number of aromatic amines is 1. The van der Waals surface area contributed by atoms with Crippen molar-refractivity contribution in [1.82, 2.24) is 9.97 Å². The van der Waals surface area contributed by atoms with Gasteiger partial charge in [0.2, 0.25) is 0 Å². The molecule has 1 aromatic heterocycles. The Bertz CT molecular complexity index is 809. The molecule has 0 saturated carbocycles. The van der Waals surface area contributed by atoms with Crippen LogP contribution < -0.4 is 5.56 Å². The average molecular weight is 385 g/mol. The molecule has 0 aliphatic carbocycles. The minimum absolute atomic E-state index is 0.00401. The monoisotopic (exact) mass is 384 g/mol. The molecule has 1 heterocycles. The Morgan fingerprint density at radius 3 is 2.48 bits per heavy atom. The standard InChI is InChI=1S/C13H9Cl2F3N2O2S/c14-8-2-1-7(9(15)3-8)5-23(22)6-11-19-10(13(16,17)18)4-12(21)20-11/h1-4H,5-6H2,(H,19,20,21)/t23-/m1/s1. The van der Waals surface area contributed by atoms with E-state index in [0.717, 1.165) is 0 Å². The summed E-state index contributed by atoms with van der Waals surface area (Å²) in [5.41, 5.74) is -1.75. The minimum Gasteiger partial charge on any atom is -0.310 e. The van der Waals surface area contributed by atoms with Gasteiger partial charge in [0, 0.05) is 26.9 Å². The van der Waals surface area contributed by atoms with Crippen LogP contribution in [0.1, 0.15) is 17.1 Å². The number of alkyl halides is 3. The van der Waals surface area contributed by atoms with Crippen molar-refractivity contribution in [3.8, 4) is 0 Å². The highest BCUT2D eigenvalue weighted by Crippen LogP contribution is 2.26. The van der Waals surface area contributed by atoms with Gasteiger partial charge in [-0.25, -0.2) is 4.98 Å². The molecule has 0 spiro atoms. The molecule has 0 aliphatic heterocycles. The highest BCUT2D eigenvalue weighted by atomic mass is 35.5. The predicted molar refractivity (Wildman–Crippen MR) is 81.9 cm³/mol. The maximum absolute atomic E-state index is 12.6. The summed E-state index contributed by atoms with van der Waals surface area (Å²) in [5.74, 6) is -0.637. The van der Waals surface area contributed by atoms with Gasteiger partial charge < -0.3 is 4.98 Å². The van der Waals surface area contributed by atoms with Gasteiger partial charge >= 0.3 is 6.18 Å². The fourth-order valence-corrected chi connectivity index (χ4v) is 3.43. The van der Waals surface area contributed by atoms with E-state index in [1.165, 1.54) is 6.07 Å². The van der Waals surface area contributed by atoms with Crippen molar-refractivity contribution >= 4 is 34.0 Å². The average Bonchev–Trinajstić information content (AvgIpc) is 2.40. The number of aromatic nitrogens is 2. The maximum Gasteiger partial charge on any atom is 0.433 e. The van der Waals surface area contributed by atoms with Gasteiger partial charge in [-0.1, -0.05) is 29.3 Å². The van der Waals surface area contributed by atoms with Gasteiger partial charge in [-0.05, 0) is 17.7 Å². The van der Waals surface area contributed by atoms with Crippen LogP contribution in [-0.4, -0.2) is 14.2 Å². The molecule has 0 amide bonds. The van der Waals surface area contributed by atoms with Crippen molar-refractivity contribution in [2.45, 2.75) is 17.7 Å². The van der Waals surface area contributed by atoms with Crippen LogP contribution in [0.3, 0.4) is 0 Å².